The quantitative estimate of drug-likeness (QED) is 0.845. The van der Waals surface area contributed by atoms with Crippen molar-refractivity contribution in [2.45, 2.75) is 19.4 Å². The molecule has 0 bridgehead atoms. The standard InChI is InChI=1S/C9H13BrN2O2/c1-6(12-5-4-9(11)13)7-2-3-8(10)14-7/h2-3,6,12H,4-5H2,1H3,(H2,11,13). The van der Waals surface area contributed by atoms with Crippen LogP contribution in [0.4, 0.5) is 0 Å². The molecule has 1 aromatic rings. The first-order valence-electron chi connectivity index (χ1n) is 4.36. The van der Waals surface area contributed by atoms with Gasteiger partial charge in [-0.1, -0.05) is 0 Å². The number of furan rings is 1. The fourth-order valence-electron chi connectivity index (χ4n) is 1.07. The summed E-state index contributed by atoms with van der Waals surface area (Å²) in [7, 11) is 0. The van der Waals surface area contributed by atoms with E-state index in [-0.39, 0.29) is 11.9 Å². The maximum absolute atomic E-state index is 10.5. The first-order valence-corrected chi connectivity index (χ1v) is 5.16. The Morgan fingerprint density at radius 1 is 1.71 bits per heavy atom. The maximum atomic E-state index is 10.5. The Labute approximate surface area is 91.0 Å². The van der Waals surface area contributed by atoms with Gasteiger partial charge < -0.3 is 15.5 Å². The van der Waals surface area contributed by atoms with E-state index in [1.807, 2.05) is 19.1 Å². The molecule has 0 aliphatic rings. The summed E-state index contributed by atoms with van der Waals surface area (Å²) in [5.74, 6) is 0.534. The molecule has 14 heavy (non-hydrogen) atoms. The van der Waals surface area contributed by atoms with Crippen LogP contribution in [0, 0.1) is 0 Å². The third-order valence-electron chi connectivity index (χ3n) is 1.84. The molecule has 1 amide bonds. The van der Waals surface area contributed by atoms with Gasteiger partial charge in [0.25, 0.3) is 0 Å². The van der Waals surface area contributed by atoms with E-state index < -0.39 is 0 Å². The van der Waals surface area contributed by atoms with Crippen LogP contribution in [0.1, 0.15) is 25.1 Å². The van der Waals surface area contributed by atoms with Crippen molar-refractivity contribution in [1.29, 1.82) is 0 Å². The zero-order chi connectivity index (χ0) is 10.6. The number of carbonyl (C=O) groups is 1. The summed E-state index contributed by atoms with van der Waals surface area (Å²) < 4.78 is 6.05. The highest BCUT2D eigenvalue weighted by Crippen LogP contribution is 2.19. The smallest absolute Gasteiger partial charge is 0.218 e. The molecule has 0 aliphatic heterocycles. The second kappa shape index (κ2) is 5.17. The average molecular weight is 261 g/mol. The largest absolute Gasteiger partial charge is 0.453 e. The van der Waals surface area contributed by atoms with Crippen molar-refractivity contribution in [2.75, 3.05) is 6.54 Å². The van der Waals surface area contributed by atoms with Crippen molar-refractivity contribution in [2.24, 2.45) is 5.73 Å². The van der Waals surface area contributed by atoms with Gasteiger partial charge in [0, 0.05) is 13.0 Å². The van der Waals surface area contributed by atoms with Crippen molar-refractivity contribution >= 4 is 21.8 Å². The third kappa shape index (κ3) is 3.51. The molecular formula is C9H13BrN2O2. The highest BCUT2D eigenvalue weighted by atomic mass is 79.9. The number of nitrogens with two attached hydrogens (primary N) is 1. The first-order chi connectivity index (χ1) is 6.59. The topological polar surface area (TPSA) is 68.3 Å². The minimum atomic E-state index is -0.301. The zero-order valence-electron chi connectivity index (χ0n) is 7.92. The minimum absolute atomic E-state index is 0.0839. The Morgan fingerprint density at radius 2 is 2.43 bits per heavy atom. The lowest BCUT2D eigenvalue weighted by atomic mass is 10.2. The lowest BCUT2D eigenvalue weighted by Crippen LogP contribution is -2.24. The number of amides is 1. The Kier molecular flexibility index (Phi) is 4.16. The molecule has 1 atom stereocenters. The molecule has 5 heteroatoms. The average Bonchev–Trinajstić information content (AvgIpc) is 2.51. The van der Waals surface area contributed by atoms with Gasteiger partial charge in [-0.2, -0.15) is 0 Å². The molecule has 0 fully saturated rings. The molecule has 78 valence electrons. The van der Waals surface area contributed by atoms with Gasteiger partial charge in [-0.25, -0.2) is 0 Å². The van der Waals surface area contributed by atoms with Crippen molar-refractivity contribution in [3.8, 4) is 0 Å². The van der Waals surface area contributed by atoms with Crippen molar-refractivity contribution in [3.05, 3.63) is 22.6 Å². The van der Waals surface area contributed by atoms with Crippen LogP contribution in [0.2, 0.25) is 0 Å². The highest BCUT2D eigenvalue weighted by molar-refractivity contribution is 9.10. The minimum Gasteiger partial charge on any atom is -0.453 e. The number of hydrogen-bond donors (Lipinski definition) is 2. The predicted molar refractivity (Wildman–Crippen MR) is 56.6 cm³/mol. The molecule has 1 aromatic heterocycles. The molecule has 1 unspecified atom stereocenters. The maximum Gasteiger partial charge on any atom is 0.218 e. The summed E-state index contributed by atoms with van der Waals surface area (Å²) in [6, 6.07) is 3.80. The van der Waals surface area contributed by atoms with Crippen LogP contribution in [0.15, 0.2) is 21.2 Å². The summed E-state index contributed by atoms with van der Waals surface area (Å²) in [4.78, 5) is 10.5. The fourth-order valence-corrected chi connectivity index (χ4v) is 1.39. The monoisotopic (exact) mass is 260 g/mol. The number of rotatable bonds is 5. The van der Waals surface area contributed by atoms with E-state index >= 15 is 0 Å². The van der Waals surface area contributed by atoms with Crippen LogP contribution < -0.4 is 11.1 Å². The number of carbonyl (C=O) groups excluding carboxylic acids is 1. The summed E-state index contributed by atoms with van der Waals surface area (Å²) in [6.07, 6.45) is 0.340. The molecular weight excluding hydrogens is 248 g/mol. The zero-order valence-corrected chi connectivity index (χ0v) is 9.50. The summed E-state index contributed by atoms with van der Waals surface area (Å²) in [6.45, 7) is 2.53. The van der Waals surface area contributed by atoms with E-state index in [0.29, 0.717) is 17.6 Å². The van der Waals surface area contributed by atoms with Crippen LogP contribution in [0.5, 0.6) is 0 Å². The normalized spacial score (nSPS) is 12.7. The predicted octanol–water partition coefficient (Wildman–Crippen LogP) is 1.57. The number of nitrogens with one attached hydrogen (secondary N) is 1. The van der Waals surface area contributed by atoms with Crippen LogP contribution >= 0.6 is 15.9 Å². The van der Waals surface area contributed by atoms with Crippen LogP contribution in [0.25, 0.3) is 0 Å². The van der Waals surface area contributed by atoms with Gasteiger partial charge in [-0.05, 0) is 35.0 Å². The van der Waals surface area contributed by atoms with Gasteiger partial charge in [0.15, 0.2) is 4.67 Å². The van der Waals surface area contributed by atoms with Gasteiger partial charge >= 0.3 is 0 Å². The van der Waals surface area contributed by atoms with E-state index in [1.165, 1.54) is 0 Å². The van der Waals surface area contributed by atoms with Gasteiger partial charge in [0.05, 0.1) is 6.04 Å². The lowest BCUT2D eigenvalue weighted by molar-refractivity contribution is -0.117. The Bertz CT molecular complexity index is 312. The Hall–Kier alpha value is -0.810. The van der Waals surface area contributed by atoms with Crippen molar-refractivity contribution < 1.29 is 9.21 Å². The molecule has 0 saturated carbocycles. The number of halogens is 1. The lowest BCUT2D eigenvalue weighted by Gasteiger charge is -2.09. The van der Waals surface area contributed by atoms with E-state index in [9.17, 15) is 4.79 Å². The molecule has 4 nitrogen and oxygen atoms in total. The Morgan fingerprint density at radius 3 is 2.93 bits per heavy atom. The first kappa shape index (κ1) is 11.3. The molecule has 0 aromatic carbocycles. The summed E-state index contributed by atoms with van der Waals surface area (Å²) in [5.41, 5.74) is 5.01. The van der Waals surface area contributed by atoms with Gasteiger partial charge in [-0.15, -0.1) is 0 Å². The van der Waals surface area contributed by atoms with Crippen LogP contribution in [0.3, 0.4) is 0 Å². The molecule has 0 saturated heterocycles. The van der Waals surface area contributed by atoms with Crippen LogP contribution in [-0.4, -0.2) is 12.5 Å². The van der Waals surface area contributed by atoms with Crippen LogP contribution in [-0.2, 0) is 4.79 Å². The van der Waals surface area contributed by atoms with E-state index in [2.05, 4.69) is 21.2 Å². The molecule has 1 heterocycles. The molecule has 0 aliphatic carbocycles. The second-order valence-electron chi connectivity index (χ2n) is 3.03. The molecule has 1 rings (SSSR count). The molecule has 0 radical (unpaired) electrons. The highest BCUT2D eigenvalue weighted by Gasteiger charge is 2.08. The fraction of sp³-hybridized carbons (Fsp3) is 0.444. The van der Waals surface area contributed by atoms with Crippen molar-refractivity contribution in [1.82, 2.24) is 5.32 Å². The van der Waals surface area contributed by atoms with E-state index in [4.69, 9.17) is 10.2 Å². The SMILES string of the molecule is CC(NCCC(N)=O)c1ccc(Br)o1. The Balaban J connectivity index is 2.35. The number of primary amides is 1. The second-order valence-corrected chi connectivity index (χ2v) is 3.82. The summed E-state index contributed by atoms with van der Waals surface area (Å²) >= 11 is 3.22. The molecule has 3 N–H and O–H groups in total. The third-order valence-corrected chi connectivity index (χ3v) is 2.27. The van der Waals surface area contributed by atoms with E-state index in [1.54, 1.807) is 0 Å². The molecule has 0 spiro atoms. The van der Waals surface area contributed by atoms with Crippen molar-refractivity contribution in [3.63, 3.8) is 0 Å². The number of hydrogen-bond acceptors (Lipinski definition) is 3. The van der Waals surface area contributed by atoms with Gasteiger partial charge in [0.1, 0.15) is 5.76 Å². The van der Waals surface area contributed by atoms with E-state index in [0.717, 1.165) is 5.76 Å². The van der Waals surface area contributed by atoms with Gasteiger partial charge in [0.2, 0.25) is 5.91 Å². The summed E-state index contributed by atoms with van der Waals surface area (Å²) in [5, 5.41) is 3.13. The van der Waals surface area contributed by atoms with Gasteiger partial charge in [-0.3, -0.25) is 4.79 Å².